The molecule has 0 heterocycles. The van der Waals surface area contributed by atoms with Crippen molar-refractivity contribution in [3.05, 3.63) is 59.7 Å². The Kier molecular flexibility index (Phi) is 5.91. The van der Waals surface area contributed by atoms with Crippen molar-refractivity contribution < 1.29 is 0 Å². The first kappa shape index (κ1) is 15.7. The maximum atomic E-state index is 8.65. The van der Waals surface area contributed by atoms with Crippen LogP contribution in [0.25, 0.3) is 11.1 Å². The Labute approximate surface area is 134 Å². The van der Waals surface area contributed by atoms with Gasteiger partial charge in [0.05, 0.1) is 0 Å². The summed E-state index contributed by atoms with van der Waals surface area (Å²) >= 11 is 3.12. The molecule has 0 N–H and O–H groups in total. The Balaban J connectivity index is 2.23. The van der Waals surface area contributed by atoms with Crippen LogP contribution in [0.2, 0.25) is 0 Å². The van der Waals surface area contributed by atoms with Crippen LogP contribution in [0.1, 0.15) is 11.1 Å². The summed E-state index contributed by atoms with van der Waals surface area (Å²) in [5.41, 5.74) is 5.06. The van der Waals surface area contributed by atoms with Crippen LogP contribution in [-0.2, 0) is 5.75 Å². The van der Waals surface area contributed by atoms with E-state index in [-0.39, 0.29) is 0 Å². The third kappa shape index (κ3) is 4.13. The number of rotatable bonds is 3. The molecule has 0 unspecified atom stereocenters. The molecule has 0 saturated heterocycles. The van der Waals surface area contributed by atoms with E-state index in [1.165, 1.54) is 34.0 Å². The first-order valence-corrected chi connectivity index (χ1v) is 8.74. The first-order chi connectivity index (χ1) is 10.3. The van der Waals surface area contributed by atoms with Gasteiger partial charge in [-0.25, -0.2) is 0 Å². The van der Waals surface area contributed by atoms with Crippen molar-refractivity contribution in [1.82, 2.24) is 0 Å². The number of aliphatic imine (C=N–C) groups is 1. The topological polar surface area (TPSA) is 36.1 Å². The van der Waals surface area contributed by atoms with Gasteiger partial charge in [-0.05, 0) is 35.4 Å². The van der Waals surface area contributed by atoms with Gasteiger partial charge in [-0.15, -0.1) is 11.8 Å². The summed E-state index contributed by atoms with van der Waals surface area (Å²) < 4.78 is 0.807. The minimum absolute atomic E-state index is 0.807. The van der Waals surface area contributed by atoms with E-state index in [9.17, 15) is 0 Å². The number of nitrogens with zero attached hydrogens (tertiary/aromatic N) is 2. The molecule has 2 aromatic carbocycles. The SMILES string of the molecule is CSC(=NC#N)SCc1cccc(-c2ccccc2)c1C. The minimum Gasteiger partial charge on any atom is -0.170 e. The molecule has 0 fully saturated rings. The predicted molar refractivity (Wildman–Crippen MR) is 94.5 cm³/mol. The summed E-state index contributed by atoms with van der Waals surface area (Å²) in [7, 11) is 0. The zero-order valence-electron chi connectivity index (χ0n) is 12.0. The van der Waals surface area contributed by atoms with E-state index in [1.54, 1.807) is 11.8 Å². The minimum atomic E-state index is 0.807. The molecule has 0 atom stereocenters. The molecule has 0 aliphatic heterocycles. The Bertz CT molecular complexity index is 673. The van der Waals surface area contributed by atoms with Crippen molar-refractivity contribution in [1.29, 1.82) is 5.26 Å². The van der Waals surface area contributed by atoms with Gasteiger partial charge in [-0.1, -0.05) is 60.3 Å². The highest BCUT2D eigenvalue weighted by Crippen LogP contribution is 2.29. The lowest BCUT2D eigenvalue weighted by molar-refractivity contribution is 1.31. The first-order valence-electron chi connectivity index (χ1n) is 6.53. The lowest BCUT2D eigenvalue weighted by Crippen LogP contribution is -1.93. The molecule has 106 valence electrons. The van der Waals surface area contributed by atoms with E-state index in [4.69, 9.17) is 5.26 Å². The van der Waals surface area contributed by atoms with E-state index in [2.05, 4.69) is 54.4 Å². The number of hydrogen-bond acceptors (Lipinski definition) is 4. The summed E-state index contributed by atoms with van der Waals surface area (Å²) in [6.07, 6.45) is 3.79. The fourth-order valence-electron chi connectivity index (χ4n) is 2.09. The Morgan fingerprint density at radius 2 is 1.90 bits per heavy atom. The van der Waals surface area contributed by atoms with Gasteiger partial charge < -0.3 is 0 Å². The van der Waals surface area contributed by atoms with Crippen molar-refractivity contribution in [3.8, 4) is 17.3 Å². The van der Waals surface area contributed by atoms with Crippen LogP contribution in [0.5, 0.6) is 0 Å². The van der Waals surface area contributed by atoms with Gasteiger partial charge in [-0.2, -0.15) is 10.3 Å². The molecule has 2 aromatic rings. The van der Waals surface area contributed by atoms with Gasteiger partial charge in [0, 0.05) is 5.75 Å². The molecular formula is C17H16N2S2. The van der Waals surface area contributed by atoms with E-state index in [0.717, 1.165) is 10.1 Å². The van der Waals surface area contributed by atoms with Crippen LogP contribution in [0.3, 0.4) is 0 Å². The Morgan fingerprint density at radius 1 is 1.14 bits per heavy atom. The molecule has 0 spiro atoms. The highest BCUT2D eigenvalue weighted by molar-refractivity contribution is 8.38. The van der Waals surface area contributed by atoms with Gasteiger partial charge in [-0.3, -0.25) is 0 Å². The highest BCUT2D eigenvalue weighted by atomic mass is 32.2. The largest absolute Gasteiger partial charge is 0.207 e. The molecule has 0 aliphatic rings. The molecule has 4 heteroatoms. The number of thioether (sulfide) groups is 2. The number of nitriles is 1. The van der Waals surface area contributed by atoms with Gasteiger partial charge in [0.15, 0.2) is 0 Å². The normalized spacial score (nSPS) is 11.2. The predicted octanol–water partition coefficient (Wildman–Crippen LogP) is 5.10. The lowest BCUT2D eigenvalue weighted by atomic mass is 9.97. The van der Waals surface area contributed by atoms with Gasteiger partial charge in [0.1, 0.15) is 4.38 Å². The highest BCUT2D eigenvalue weighted by Gasteiger charge is 2.07. The standard InChI is InChI=1S/C17H16N2S2/c1-13-15(11-21-17(20-2)19-12-18)9-6-10-16(13)14-7-4-3-5-8-14/h3-10H,11H2,1-2H3. The molecule has 21 heavy (non-hydrogen) atoms. The second kappa shape index (κ2) is 7.92. The monoisotopic (exact) mass is 312 g/mol. The van der Waals surface area contributed by atoms with Crippen LogP contribution in [0, 0.1) is 18.4 Å². The molecule has 0 bridgehead atoms. The van der Waals surface area contributed by atoms with Gasteiger partial charge in [0.25, 0.3) is 0 Å². The third-order valence-electron chi connectivity index (χ3n) is 3.20. The van der Waals surface area contributed by atoms with Crippen LogP contribution < -0.4 is 0 Å². The molecule has 2 nitrogen and oxygen atoms in total. The maximum absolute atomic E-state index is 8.65. The molecule has 2 rings (SSSR count). The molecule has 0 radical (unpaired) electrons. The van der Waals surface area contributed by atoms with Gasteiger partial charge >= 0.3 is 0 Å². The summed E-state index contributed by atoms with van der Waals surface area (Å²) in [6, 6.07) is 16.8. The number of hydrogen-bond donors (Lipinski definition) is 0. The number of benzene rings is 2. The smallest absolute Gasteiger partial charge is 0.170 e. The van der Waals surface area contributed by atoms with Crippen molar-refractivity contribution in [3.63, 3.8) is 0 Å². The Hall–Kier alpha value is -1.70. The van der Waals surface area contributed by atoms with E-state index in [0.29, 0.717) is 0 Å². The van der Waals surface area contributed by atoms with E-state index in [1.807, 2.05) is 18.5 Å². The van der Waals surface area contributed by atoms with Crippen molar-refractivity contribution in [2.75, 3.05) is 6.26 Å². The molecule has 0 amide bonds. The Morgan fingerprint density at radius 3 is 2.57 bits per heavy atom. The zero-order valence-corrected chi connectivity index (χ0v) is 13.7. The zero-order chi connectivity index (χ0) is 15.1. The average molecular weight is 312 g/mol. The third-order valence-corrected chi connectivity index (χ3v) is 5.29. The van der Waals surface area contributed by atoms with E-state index < -0.39 is 0 Å². The molecule has 0 aromatic heterocycles. The summed E-state index contributed by atoms with van der Waals surface area (Å²) in [5, 5.41) is 8.65. The summed E-state index contributed by atoms with van der Waals surface area (Å²) in [6.45, 7) is 2.15. The second-order valence-corrected chi connectivity index (χ2v) is 6.44. The maximum Gasteiger partial charge on any atom is 0.207 e. The molecular weight excluding hydrogens is 296 g/mol. The summed E-state index contributed by atoms with van der Waals surface area (Å²) in [5.74, 6) is 0.827. The van der Waals surface area contributed by atoms with Crippen LogP contribution >= 0.6 is 23.5 Å². The fraction of sp³-hybridized carbons (Fsp3) is 0.176. The quantitative estimate of drug-likeness (QED) is 0.449. The van der Waals surface area contributed by atoms with Crippen molar-refractivity contribution in [2.24, 2.45) is 4.99 Å². The van der Waals surface area contributed by atoms with Crippen molar-refractivity contribution >= 4 is 27.9 Å². The average Bonchev–Trinajstić information content (AvgIpc) is 2.53. The fourth-order valence-corrected chi connectivity index (χ4v) is 3.56. The van der Waals surface area contributed by atoms with Crippen LogP contribution in [0.15, 0.2) is 53.5 Å². The molecule has 0 aliphatic carbocycles. The van der Waals surface area contributed by atoms with Gasteiger partial charge in [0.2, 0.25) is 6.19 Å². The summed E-state index contributed by atoms with van der Waals surface area (Å²) in [4.78, 5) is 3.82. The van der Waals surface area contributed by atoms with E-state index >= 15 is 0 Å². The molecule has 0 saturated carbocycles. The van der Waals surface area contributed by atoms with Crippen LogP contribution in [-0.4, -0.2) is 10.6 Å². The lowest BCUT2D eigenvalue weighted by Gasteiger charge is -2.11. The van der Waals surface area contributed by atoms with Crippen LogP contribution in [0.4, 0.5) is 0 Å². The second-order valence-electron chi connectivity index (χ2n) is 4.43. The van der Waals surface area contributed by atoms with Crippen molar-refractivity contribution in [2.45, 2.75) is 12.7 Å².